The van der Waals surface area contributed by atoms with Crippen LogP contribution in [0, 0.1) is 0 Å². The van der Waals surface area contributed by atoms with Crippen LogP contribution in [0.4, 0.5) is 0 Å². The summed E-state index contributed by atoms with van der Waals surface area (Å²) in [6.07, 6.45) is 5.53. The van der Waals surface area contributed by atoms with E-state index >= 15 is 0 Å². The van der Waals surface area contributed by atoms with Crippen LogP contribution in [-0.4, -0.2) is 31.4 Å². The van der Waals surface area contributed by atoms with Crippen LogP contribution in [0.25, 0.3) is 21.5 Å². The molecule has 4 heterocycles. The number of benzene rings is 1. The molecule has 0 radical (unpaired) electrons. The van der Waals surface area contributed by atoms with Crippen molar-refractivity contribution in [3.05, 3.63) is 73.9 Å². The topological polar surface area (TPSA) is 74.8 Å². The van der Waals surface area contributed by atoms with Crippen LogP contribution in [0.15, 0.2) is 52.3 Å². The summed E-state index contributed by atoms with van der Waals surface area (Å²) < 4.78 is 2.43. The van der Waals surface area contributed by atoms with Gasteiger partial charge in [0.2, 0.25) is 0 Å². The summed E-state index contributed by atoms with van der Waals surface area (Å²) in [5.41, 5.74) is 2.27. The molecule has 6 nitrogen and oxygen atoms in total. The number of aromatic amines is 1. The first-order valence-corrected chi connectivity index (χ1v) is 10.6. The highest BCUT2D eigenvalue weighted by Gasteiger charge is 2.23. The molecular formula is C20H16BrN5OS. The summed E-state index contributed by atoms with van der Waals surface area (Å²) >= 11 is 5.55. The third kappa shape index (κ3) is 3.17. The lowest BCUT2D eigenvalue weighted by Crippen LogP contribution is -2.35. The molecule has 0 amide bonds. The van der Waals surface area contributed by atoms with Gasteiger partial charge in [-0.3, -0.25) is 9.69 Å². The van der Waals surface area contributed by atoms with Crippen molar-refractivity contribution in [3.8, 4) is 11.4 Å². The number of hydrogen-bond acceptors (Lipinski definition) is 6. The summed E-state index contributed by atoms with van der Waals surface area (Å²) in [4.78, 5) is 31.8. The van der Waals surface area contributed by atoms with Crippen LogP contribution in [0.5, 0.6) is 0 Å². The fraction of sp³-hybridized carbons (Fsp3) is 0.200. The lowest BCUT2D eigenvalue weighted by Gasteiger charge is -2.27. The van der Waals surface area contributed by atoms with E-state index in [1.54, 1.807) is 23.7 Å². The Morgan fingerprint density at radius 1 is 1.21 bits per heavy atom. The minimum absolute atomic E-state index is 0.0797. The third-order valence-electron chi connectivity index (χ3n) is 4.95. The molecule has 0 saturated carbocycles. The minimum Gasteiger partial charge on any atom is -0.306 e. The number of rotatable bonds is 3. The average molecular weight is 454 g/mol. The maximum absolute atomic E-state index is 12.7. The molecule has 0 fully saturated rings. The number of nitrogens with one attached hydrogen (secondary N) is 1. The number of thiophene rings is 1. The Hall–Kier alpha value is -2.42. The highest BCUT2D eigenvalue weighted by Crippen LogP contribution is 2.36. The van der Waals surface area contributed by atoms with Crippen molar-refractivity contribution >= 4 is 37.4 Å². The number of halogens is 1. The van der Waals surface area contributed by atoms with Crippen LogP contribution in [-0.2, 0) is 19.5 Å². The van der Waals surface area contributed by atoms with Gasteiger partial charge >= 0.3 is 0 Å². The molecule has 140 valence electrons. The molecule has 28 heavy (non-hydrogen) atoms. The first-order chi connectivity index (χ1) is 13.7. The van der Waals surface area contributed by atoms with Crippen molar-refractivity contribution in [2.45, 2.75) is 19.5 Å². The van der Waals surface area contributed by atoms with Crippen LogP contribution < -0.4 is 5.56 Å². The maximum atomic E-state index is 12.7. The molecule has 3 aromatic heterocycles. The van der Waals surface area contributed by atoms with Gasteiger partial charge in [0.15, 0.2) is 0 Å². The fourth-order valence-electron chi connectivity index (χ4n) is 3.54. The molecule has 0 aliphatic carbocycles. The van der Waals surface area contributed by atoms with E-state index in [-0.39, 0.29) is 5.56 Å². The van der Waals surface area contributed by atoms with Gasteiger partial charge in [-0.15, -0.1) is 11.3 Å². The number of nitrogens with zero attached hydrogens (tertiary/aromatic N) is 4. The van der Waals surface area contributed by atoms with Gasteiger partial charge in [0.1, 0.15) is 12.2 Å². The van der Waals surface area contributed by atoms with Gasteiger partial charge in [0.05, 0.1) is 16.8 Å². The summed E-state index contributed by atoms with van der Waals surface area (Å²) in [6, 6.07) is 8.39. The Bertz CT molecular complexity index is 1220. The van der Waals surface area contributed by atoms with E-state index < -0.39 is 0 Å². The molecule has 4 aromatic rings. The van der Waals surface area contributed by atoms with Gasteiger partial charge in [-0.25, -0.2) is 15.0 Å². The molecule has 0 spiro atoms. The molecule has 1 aromatic carbocycles. The standard InChI is InChI=1S/C20H16BrN5OS/c21-18-13-3-1-2-4-16(13)28-17(18)10-26-6-5-15-14(9-26)20(27)25-19(24-15)12-7-22-11-23-8-12/h1-4,7-8,11H,5-6,9-10H2,(H,24,25,27). The van der Waals surface area contributed by atoms with E-state index in [1.165, 1.54) is 21.3 Å². The zero-order valence-electron chi connectivity index (χ0n) is 14.9. The van der Waals surface area contributed by atoms with Crippen LogP contribution in [0.1, 0.15) is 16.1 Å². The second-order valence-corrected chi connectivity index (χ2v) is 8.69. The molecule has 5 rings (SSSR count). The second kappa shape index (κ2) is 7.20. The fourth-order valence-corrected chi connectivity index (χ4v) is 5.53. The summed E-state index contributed by atoms with van der Waals surface area (Å²) in [6.45, 7) is 2.28. The van der Waals surface area contributed by atoms with Crippen LogP contribution in [0.3, 0.4) is 0 Å². The first-order valence-electron chi connectivity index (χ1n) is 8.95. The van der Waals surface area contributed by atoms with E-state index in [0.717, 1.165) is 40.8 Å². The first kappa shape index (κ1) is 17.7. The smallest absolute Gasteiger partial charge is 0.255 e. The molecular weight excluding hydrogens is 438 g/mol. The van der Waals surface area contributed by atoms with Gasteiger partial charge in [-0.05, 0) is 22.0 Å². The van der Waals surface area contributed by atoms with E-state index in [1.807, 2.05) is 0 Å². The molecule has 0 atom stereocenters. The monoisotopic (exact) mass is 453 g/mol. The quantitative estimate of drug-likeness (QED) is 0.510. The predicted octanol–water partition coefficient (Wildman–Crippen LogP) is 3.76. The third-order valence-corrected chi connectivity index (χ3v) is 7.27. The van der Waals surface area contributed by atoms with Crippen molar-refractivity contribution in [2.24, 2.45) is 0 Å². The molecule has 1 aliphatic heterocycles. The zero-order valence-corrected chi connectivity index (χ0v) is 17.3. The molecule has 8 heteroatoms. The van der Waals surface area contributed by atoms with Crippen molar-refractivity contribution < 1.29 is 0 Å². The van der Waals surface area contributed by atoms with Gasteiger partial charge < -0.3 is 4.98 Å². The average Bonchev–Trinajstić information content (AvgIpc) is 3.04. The van der Waals surface area contributed by atoms with Crippen molar-refractivity contribution in [1.29, 1.82) is 0 Å². The van der Waals surface area contributed by atoms with Crippen molar-refractivity contribution in [3.63, 3.8) is 0 Å². The zero-order chi connectivity index (χ0) is 19.1. The Morgan fingerprint density at radius 3 is 2.86 bits per heavy atom. The van der Waals surface area contributed by atoms with E-state index in [9.17, 15) is 4.79 Å². The SMILES string of the molecule is O=c1[nH]c(-c2cncnc2)nc2c1CN(Cc1sc3ccccc3c1Br)CC2. The Balaban J connectivity index is 1.42. The number of hydrogen-bond donors (Lipinski definition) is 1. The van der Waals surface area contributed by atoms with Gasteiger partial charge in [-0.1, -0.05) is 18.2 Å². The number of H-pyrrole nitrogens is 1. The lowest BCUT2D eigenvalue weighted by atomic mass is 10.1. The van der Waals surface area contributed by atoms with Crippen LogP contribution >= 0.6 is 27.3 Å². The van der Waals surface area contributed by atoms with E-state index in [4.69, 9.17) is 0 Å². The molecule has 1 N–H and O–H groups in total. The Labute approximate surface area is 173 Å². The van der Waals surface area contributed by atoms with Gasteiger partial charge in [-0.2, -0.15) is 0 Å². The second-order valence-electron chi connectivity index (χ2n) is 6.76. The molecule has 0 saturated heterocycles. The summed E-state index contributed by atoms with van der Waals surface area (Å²) in [7, 11) is 0. The van der Waals surface area contributed by atoms with Gasteiger partial charge in [0.25, 0.3) is 5.56 Å². The van der Waals surface area contributed by atoms with E-state index in [2.05, 4.69) is 65.0 Å². The lowest BCUT2D eigenvalue weighted by molar-refractivity contribution is 0.243. The summed E-state index contributed by atoms with van der Waals surface area (Å²) in [5, 5.41) is 1.24. The van der Waals surface area contributed by atoms with Crippen molar-refractivity contribution in [1.82, 2.24) is 24.8 Å². The Morgan fingerprint density at radius 2 is 2.04 bits per heavy atom. The highest BCUT2D eigenvalue weighted by molar-refractivity contribution is 9.10. The summed E-state index contributed by atoms with van der Waals surface area (Å²) in [5.74, 6) is 0.532. The van der Waals surface area contributed by atoms with Crippen molar-refractivity contribution in [2.75, 3.05) is 6.54 Å². The normalized spacial score (nSPS) is 14.3. The van der Waals surface area contributed by atoms with Gasteiger partial charge in [0, 0.05) is 57.9 Å². The molecule has 0 bridgehead atoms. The number of fused-ring (bicyclic) bond motifs is 2. The minimum atomic E-state index is -0.0797. The highest BCUT2D eigenvalue weighted by atomic mass is 79.9. The Kier molecular flexibility index (Phi) is 4.54. The maximum Gasteiger partial charge on any atom is 0.255 e. The predicted molar refractivity (Wildman–Crippen MR) is 113 cm³/mol. The molecule has 1 aliphatic rings. The molecule has 0 unspecified atom stereocenters. The largest absolute Gasteiger partial charge is 0.306 e. The van der Waals surface area contributed by atoms with E-state index in [0.29, 0.717) is 12.4 Å². The van der Waals surface area contributed by atoms with Crippen LogP contribution in [0.2, 0.25) is 0 Å². The number of aromatic nitrogens is 4.